The van der Waals surface area contributed by atoms with Crippen molar-refractivity contribution in [1.82, 2.24) is 10.2 Å². The molecule has 1 fully saturated rings. The molecule has 2 amide bonds. The summed E-state index contributed by atoms with van der Waals surface area (Å²) >= 11 is 1.27. The van der Waals surface area contributed by atoms with E-state index in [0.29, 0.717) is 30.4 Å². The van der Waals surface area contributed by atoms with Gasteiger partial charge in [0.05, 0.1) is 17.5 Å². The molecule has 0 aromatic heterocycles. The molecule has 0 radical (unpaired) electrons. The number of nitrogens with one attached hydrogen (secondary N) is 1. The van der Waals surface area contributed by atoms with Gasteiger partial charge in [0.2, 0.25) is 11.8 Å². The molecule has 1 unspecified atom stereocenters. The zero-order chi connectivity index (χ0) is 23.0. The summed E-state index contributed by atoms with van der Waals surface area (Å²) in [5.41, 5.74) is 2.62. The topological polar surface area (TPSA) is 61.8 Å². The van der Waals surface area contributed by atoms with Gasteiger partial charge in [-0.1, -0.05) is 72.4 Å². The number of aliphatic imine (C=N–C) groups is 1. The zero-order valence-electron chi connectivity index (χ0n) is 18.0. The van der Waals surface area contributed by atoms with Crippen LogP contribution in [0, 0.1) is 5.82 Å². The lowest BCUT2D eigenvalue weighted by molar-refractivity contribution is -0.130. The Morgan fingerprint density at radius 2 is 1.61 bits per heavy atom. The van der Waals surface area contributed by atoms with E-state index in [1.54, 1.807) is 17.0 Å². The highest BCUT2D eigenvalue weighted by molar-refractivity contribution is 8.15. The van der Waals surface area contributed by atoms with Crippen molar-refractivity contribution in [2.75, 3.05) is 6.54 Å². The SMILES string of the molecule is O=C(NCCc1ccccc1)C1CC(=O)N(Cc2ccccc2)C(=Nc2ccc(F)cc2)S1. The maximum atomic E-state index is 13.3. The molecule has 5 nitrogen and oxygen atoms in total. The fraction of sp³-hybridized carbons (Fsp3) is 0.192. The van der Waals surface area contributed by atoms with Crippen molar-refractivity contribution in [2.24, 2.45) is 4.99 Å². The smallest absolute Gasteiger partial charge is 0.234 e. The predicted molar refractivity (Wildman–Crippen MR) is 130 cm³/mol. The summed E-state index contributed by atoms with van der Waals surface area (Å²) in [6.07, 6.45) is 0.811. The van der Waals surface area contributed by atoms with Crippen LogP contribution in [0.25, 0.3) is 0 Å². The van der Waals surface area contributed by atoms with Crippen molar-refractivity contribution in [1.29, 1.82) is 0 Å². The molecule has 7 heteroatoms. The molecule has 3 aromatic rings. The Morgan fingerprint density at radius 1 is 0.970 bits per heavy atom. The second-order valence-electron chi connectivity index (χ2n) is 7.67. The first-order chi connectivity index (χ1) is 16.1. The number of nitrogens with zero attached hydrogens (tertiary/aromatic N) is 2. The molecule has 1 saturated heterocycles. The molecule has 0 aliphatic carbocycles. The Morgan fingerprint density at radius 3 is 2.27 bits per heavy atom. The minimum Gasteiger partial charge on any atom is -0.355 e. The standard InChI is InChI=1S/C26H24FN3O2S/c27-21-11-13-22(14-12-21)29-26-30(18-20-9-5-2-6-10-20)24(31)17-23(33-26)25(32)28-16-15-19-7-3-1-4-8-19/h1-14,23H,15-18H2,(H,28,32). The van der Waals surface area contributed by atoms with Gasteiger partial charge in [-0.05, 0) is 41.8 Å². The molecule has 1 aliphatic rings. The van der Waals surface area contributed by atoms with E-state index in [2.05, 4.69) is 10.3 Å². The van der Waals surface area contributed by atoms with Crippen LogP contribution in [0.5, 0.6) is 0 Å². The van der Waals surface area contributed by atoms with E-state index < -0.39 is 5.25 Å². The number of hydrogen-bond acceptors (Lipinski definition) is 4. The zero-order valence-corrected chi connectivity index (χ0v) is 18.8. The second-order valence-corrected chi connectivity index (χ2v) is 8.84. The fourth-order valence-electron chi connectivity index (χ4n) is 3.48. The number of rotatable bonds is 7. The van der Waals surface area contributed by atoms with Crippen LogP contribution in [0.2, 0.25) is 0 Å². The van der Waals surface area contributed by atoms with Gasteiger partial charge in [-0.25, -0.2) is 9.38 Å². The van der Waals surface area contributed by atoms with Crippen LogP contribution in [0.4, 0.5) is 10.1 Å². The molecular formula is C26H24FN3O2S. The first-order valence-corrected chi connectivity index (χ1v) is 11.6. The second kappa shape index (κ2) is 10.9. The predicted octanol–water partition coefficient (Wildman–Crippen LogP) is 4.71. The Kier molecular flexibility index (Phi) is 7.52. The molecule has 3 aromatic carbocycles. The third-order valence-corrected chi connectivity index (χ3v) is 6.41. The summed E-state index contributed by atoms with van der Waals surface area (Å²) in [6.45, 7) is 0.849. The number of carbonyl (C=O) groups excluding carboxylic acids is 2. The van der Waals surface area contributed by atoms with Crippen molar-refractivity contribution >= 4 is 34.4 Å². The van der Waals surface area contributed by atoms with Crippen LogP contribution in [-0.2, 0) is 22.6 Å². The van der Waals surface area contributed by atoms with Gasteiger partial charge in [-0.3, -0.25) is 14.5 Å². The molecule has 1 atom stereocenters. The Labute approximate surface area is 196 Å². The van der Waals surface area contributed by atoms with Gasteiger partial charge in [0.1, 0.15) is 5.82 Å². The molecule has 33 heavy (non-hydrogen) atoms. The van der Waals surface area contributed by atoms with Crippen LogP contribution in [-0.4, -0.2) is 33.7 Å². The molecule has 168 valence electrons. The fourth-order valence-corrected chi connectivity index (χ4v) is 4.60. The Hall–Kier alpha value is -3.45. The van der Waals surface area contributed by atoms with Crippen molar-refractivity contribution in [3.63, 3.8) is 0 Å². The number of amidine groups is 1. The number of amides is 2. The molecule has 4 rings (SSSR count). The van der Waals surface area contributed by atoms with E-state index in [4.69, 9.17) is 0 Å². The Balaban J connectivity index is 1.49. The van der Waals surface area contributed by atoms with Crippen LogP contribution >= 0.6 is 11.8 Å². The van der Waals surface area contributed by atoms with Gasteiger partial charge < -0.3 is 5.32 Å². The first-order valence-electron chi connectivity index (χ1n) is 10.8. The highest BCUT2D eigenvalue weighted by atomic mass is 32.2. The van der Waals surface area contributed by atoms with E-state index in [-0.39, 0.29) is 24.1 Å². The number of benzene rings is 3. The minimum atomic E-state index is -0.570. The van der Waals surface area contributed by atoms with Gasteiger partial charge in [-0.2, -0.15) is 0 Å². The number of carbonyl (C=O) groups is 2. The van der Waals surface area contributed by atoms with E-state index in [1.165, 1.54) is 23.9 Å². The van der Waals surface area contributed by atoms with Crippen molar-refractivity contribution in [3.05, 3.63) is 102 Å². The third-order valence-electron chi connectivity index (χ3n) is 5.22. The summed E-state index contributed by atoms with van der Waals surface area (Å²) in [4.78, 5) is 32.1. The molecule has 1 aliphatic heterocycles. The van der Waals surface area contributed by atoms with Gasteiger partial charge >= 0.3 is 0 Å². The normalized spacial score (nSPS) is 17.2. The summed E-state index contributed by atoms with van der Waals surface area (Å²) < 4.78 is 13.3. The van der Waals surface area contributed by atoms with E-state index in [1.807, 2.05) is 60.7 Å². The van der Waals surface area contributed by atoms with Gasteiger partial charge in [0, 0.05) is 13.0 Å². The molecule has 0 spiro atoms. The maximum absolute atomic E-state index is 13.3. The van der Waals surface area contributed by atoms with Crippen molar-refractivity contribution in [3.8, 4) is 0 Å². The van der Waals surface area contributed by atoms with E-state index in [0.717, 1.165) is 11.1 Å². The minimum absolute atomic E-state index is 0.0944. The highest BCUT2D eigenvalue weighted by Crippen LogP contribution is 2.30. The third kappa shape index (κ3) is 6.29. The lowest BCUT2D eigenvalue weighted by Gasteiger charge is -2.32. The van der Waals surface area contributed by atoms with E-state index in [9.17, 15) is 14.0 Å². The van der Waals surface area contributed by atoms with Gasteiger partial charge in [-0.15, -0.1) is 0 Å². The summed E-state index contributed by atoms with van der Waals surface area (Å²) in [7, 11) is 0. The van der Waals surface area contributed by atoms with Crippen molar-refractivity contribution < 1.29 is 14.0 Å². The number of thioether (sulfide) groups is 1. The molecule has 0 saturated carbocycles. The molecule has 0 bridgehead atoms. The van der Waals surface area contributed by atoms with Crippen LogP contribution in [0.15, 0.2) is 89.9 Å². The molecular weight excluding hydrogens is 437 g/mol. The summed E-state index contributed by atoms with van der Waals surface area (Å²) in [5.74, 6) is -0.708. The van der Waals surface area contributed by atoms with Gasteiger partial charge in [0.15, 0.2) is 5.17 Å². The lowest BCUT2D eigenvalue weighted by Crippen LogP contribution is -2.46. The van der Waals surface area contributed by atoms with Crippen LogP contribution in [0.3, 0.4) is 0 Å². The van der Waals surface area contributed by atoms with Gasteiger partial charge in [0.25, 0.3) is 0 Å². The van der Waals surface area contributed by atoms with Crippen LogP contribution in [0.1, 0.15) is 17.5 Å². The number of hydrogen-bond donors (Lipinski definition) is 1. The average molecular weight is 462 g/mol. The van der Waals surface area contributed by atoms with E-state index >= 15 is 0 Å². The summed E-state index contributed by atoms with van der Waals surface area (Å²) in [5, 5.41) is 2.81. The molecule has 1 heterocycles. The highest BCUT2D eigenvalue weighted by Gasteiger charge is 2.35. The first kappa shape index (κ1) is 22.7. The monoisotopic (exact) mass is 461 g/mol. The maximum Gasteiger partial charge on any atom is 0.234 e. The molecule has 1 N–H and O–H groups in total. The quantitative estimate of drug-likeness (QED) is 0.555. The lowest BCUT2D eigenvalue weighted by atomic mass is 10.1. The number of halogens is 1. The Bertz CT molecular complexity index is 1120. The summed E-state index contributed by atoms with van der Waals surface area (Å²) in [6, 6.07) is 25.3. The largest absolute Gasteiger partial charge is 0.355 e. The average Bonchev–Trinajstić information content (AvgIpc) is 2.84. The van der Waals surface area contributed by atoms with Crippen molar-refractivity contribution in [2.45, 2.75) is 24.6 Å². The van der Waals surface area contributed by atoms with Crippen LogP contribution < -0.4 is 5.32 Å².